The van der Waals surface area contributed by atoms with Gasteiger partial charge in [-0.3, -0.25) is 0 Å². The van der Waals surface area contributed by atoms with E-state index in [0.717, 1.165) is 0 Å². The van der Waals surface area contributed by atoms with Gasteiger partial charge in [-0.05, 0) is 40.5 Å². The van der Waals surface area contributed by atoms with E-state index in [9.17, 15) is 0 Å². The van der Waals surface area contributed by atoms with Gasteiger partial charge in [0.15, 0.2) is 0 Å². The van der Waals surface area contributed by atoms with Crippen LogP contribution in [-0.2, 0) is 0 Å². The van der Waals surface area contributed by atoms with Crippen LogP contribution in [0.3, 0.4) is 0 Å². The smallest absolute Gasteiger partial charge is 0.0192 e. The van der Waals surface area contributed by atoms with E-state index in [-0.39, 0.29) is 0 Å². The van der Waals surface area contributed by atoms with Crippen LogP contribution in [0.4, 0.5) is 0 Å². The molecule has 2 N–H and O–H groups in total. The molecule has 0 amide bonds. The normalized spacial score (nSPS) is 20.1. The Morgan fingerprint density at radius 1 is 0.714 bits per heavy atom. The van der Waals surface area contributed by atoms with E-state index in [1.165, 1.54) is 12.8 Å². The SMILES string of the molecule is CCC(C)NC(C)C(C)NC(C)CC. The van der Waals surface area contributed by atoms with Gasteiger partial charge in [-0.25, -0.2) is 0 Å². The molecule has 0 radical (unpaired) electrons. The third-order valence-corrected chi connectivity index (χ3v) is 3.07. The maximum Gasteiger partial charge on any atom is 0.0192 e. The van der Waals surface area contributed by atoms with Crippen molar-refractivity contribution in [2.24, 2.45) is 0 Å². The zero-order chi connectivity index (χ0) is 11.1. The third kappa shape index (κ3) is 5.61. The molecule has 14 heavy (non-hydrogen) atoms. The van der Waals surface area contributed by atoms with Crippen molar-refractivity contribution in [3.05, 3.63) is 0 Å². The second-order valence-corrected chi connectivity index (χ2v) is 4.53. The van der Waals surface area contributed by atoms with Crippen molar-refractivity contribution in [1.82, 2.24) is 10.6 Å². The van der Waals surface area contributed by atoms with E-state index in [2.05, 4.69) is 52.2 Å². The molecule has 2 heteroatoms. The van der Waals surface area contributed by atoms with Crippen molar-refractivity contribution < 1.29 is 0 Å². The number of rotatable bonds is 7. The highest BCUT2D eigenvalue weighted by molar-refractivity contribution is 4.78. The summed E-state index contributed by atoms with van der Waals surface area (Å²) in [4.78, 5) is 0. The summed E-state index contributed by atoms with van der Waals surface area (Å²) in [6, 6.07) is 2.32. The molecular formula is C12H28N2. The summed E-state index contributed by atoms with van der Waals surface area (Å²) < 4.78 is 0. The summed E-state index contributed by atoms with van der Waals surface area (Å²) in [5.74, 6) is 0. The van der Waals surface area contributed by atoms with Crippen LogP contribution in [0.25, 0.3) is 0 Å². The fourth-order valence-electron chi connectivity index (χ4n) is 1.42. The molecule has 4 atom stereocenters. The van der Waals surface area contributed by atoms with Crippen LogP contribution in [0.1, 0.15) is 54.4 Å². The van der Waals surface area contributed by atoms with E-state index < -0.39 is 0 Å². The molecule has 0 heterocycles. The first-order valence-corrected chi connectivity index (χ1v) is 6.03. The highest BCUT2D eigenvalue weighted by atomic mass is 15.0. The van der Waals surface area contributed by atoms with Crippen molar-refractivity contribution in [3.63, 3.8) is 0 Å². The molecule has 0 aromatic heterocycles. The summed E-state index contributed by atoms with van der Waals surface area (Å²) in [7, 11) is 0. The largest absolute Gasteiger partial charge is 0.310 e. The van der Waals surface area contributed by atoms with E-state index in [4.69, 9.17) is 0 Å². The Morgan fingerprint density at radius 2 is 1.00 bits per heavy atom. The zero-order valence-electron chi connectivity index (χ0n) is 10.7. The van der Waals surface area contributed by atoms with E-state index in [1.807, 2.05) is 0 Å². The summed E-state index contributed by atoms with van der Waals surface area (Å²) in [6.45, 7) is 13.4. The quantitative estimate of drug-likeness (QED) is 0.660. The summed E-state index contributed by atoms with van der Waals surface area (Å²) in [5.41, 5.74) is 0. The second kappa shape index (κ2) is 7.24. The number of hydrogen-bond acceptors (Lipinski definition) is 2. The zero-order valence-corrected chi connectivity index (χ0v) is 10.7. The molecule has 0 aromatic rings. The van der Waals surface area contributed by atoms with Gasteiger partial charge in [-0.15, -0.1) is 0 Å². The fraction of sp³-hybridized carbons (Fsp3) is 1.00. The van der Waals surface area contributed by atoms with E-state index in [1.54, 1.807) is 0 Å². The maximum absolute atomic E-state index is 3.60. The van der Waals surface area contributed by atoms with E-state index >= 15 is 0 Å². The van der Waals surface area contributed by atoms with Gasteiger partial charge in [-0.1, -0.05) is 13.8 Å². The molecule has 0 aliphatic carbocycles. The van der Waals surface area contributed by atoms with Crippen LogP contribution in [0.15, 0.2) is 0 Å². The van der Waals surface area contributed by atoms with Crippen LogP contribution in [0.5, 0.6) is 0 Å². The van der Waals surface area contributed by atoms with Crippen LogP contribution >= 0.6 is 0 Å². The summed E-state index contributed by atoms with van der Waals surface area (Å²) >= 11 is 0. The van der Waals surface area contributed by atoms with Crippen molar-refractivity contribution in [3.8, 4) is 0 Å². The minimum Gasteiger partial charge on any atom is -0.310 e. The van der Waals surface area contributed by atoms with Crippen LogP contribution in [0, 0.1) is 0 Å². The molecule has 0 saturated heterocycles. The van der Waals surface area contributed by atoms with Crippen molar-refractivity contribution >= 4 is 0 Å². The molecule has 0 rings (SSSR count). The monoisotopic (exact) mass is 200 g/mol. The molecule has 0 aliphatic heterocycles. The molecule has 0 aromatic carbocycles. The Bertz CT molecular complexity index is 120. The standard InChI is InChI=1S/C12H28N2/c1-7-9(3)13-11(5)12(6)14-10(4)8-2/h9-14H,7-8H2,1-6H3. The molecular weight excluding hydrogens is 172 g/mol. The topological polar surface area (TPSA) is 24.1 Å². The highest BCUT2D eigenvalue weighted by Gasteiger charge is 2.14. The summed E-state index contributed by atoms with van der Waals surface area (Å²) in [5, 5.41) is 7.19. The molecule has 0 saturated carbocycles. The van der Waals surface area contributed by atoms with Gasteiger partial charge in [0.2, 0.25) is 0 Å². The Balaban J connectivity index is 3.80. The lowest BCUT2D eigenvalue weighted by Gasteiger charge is -2.28. The molecule has 0 spiro atoms. The van der Waals surface area contributed by atoms with Crippen molar-refractivity contribution in [2.75, 3.05) is 0 Å². The van der Waals surface area contributed by atoms with Crippen molar-refractivity contribution in [1.29, 1.82) is 0 Å². The minimum absolute atomic E-state index is 0.541. The van der Waals surface area contributed by atoms with Gasteiger partial charge < -0.3 is 10.6 Å². The second-order valence-electron chi connectivity index (χ2n) is 4.53. The molecule has 4 unspecified atom stereocenters. The number of nitrogens with one attached hydrogen (secondary N) is 2. The lowest BCUT2D eigenvalue weighted by atomic mass is 10.1. The molecule has 0 fully saturated rings. The van der Waals surface area contributed by atoms with Crippen LogP contribution in [-0.4, -0.2) is 24.2 Å². The molecule has 2 nitrogen and oxygen atoms in total. The lowest BCUT2D eigenvalue weighted by molar-refractivity contribution is 0.344. The van der Waals surface area contributed by atoms with Crippen LogP contribution < -0.4 is 10.6 Å². The van der Waals surface area contributed by atoms with Gasteiger partial charge in [0.25, 0.3) is 0 Å². The first kappa shape index (κ1) is 13.9. The number of hydrogen-bond donors (Lipinski definition) is 2. The maximum atomic E-state index is 3.60. The minimum atomic E-state index is 0.541. The Labute approximate surface area is 89.9 Å². The lowest BCUT2D eigenvalue weighted by Crippen LogP contribution is -2.49. The van der Waals surface area contributed by atoms with Gasteiger partial charge in [0, 0.05) is 24.2 Å². The average molecular weight is 200 g/mol. The molecule has 86 valence electrons. The first-order chi connectivity index (χ1) is 6.51. The predicted molar refractivity (Wildman–Crippen MR) is 64.7 cm³/mol. The Hall–Kier alpha value is -0.0800. The van der Waals surface area contributed by atoms with Gasteiger partial charge in [0.05, 0.1) is 0 Å². The van der Waals surface area contributed by atoms with Gasteiger partial charge in [0.1, 0.15) is 0 Å². The predicted octanol–water partition coefficient (Wildman–Crippen LogP) is 2.54. The van der Waals surface area contributed by atoms with Gasteiger partial charge >= 0.3 is 0 Å². The first-order valence-electron chi connectivity index (χ1n) is 6.03. The summed E-state index contributed by atoms with van der Waals surface area (Å²) in [6.07, 6.45) is 2.39. The van der Waals surface area contributed by atoms with Gasteiger partial charge in [-0.2, -0.15) is 0 Å². The van der Waals surface area contributed by atoms with E-state index in [0.29, 0.717) is 24.2 Å². The Kier molecular flexibility index (Phi) is 7.20. The molecule has 0 aliphatic rings. The van der Waals surface area contributed by atoms with Crippen LogP contribution in [0.2, 0.25) is 0 Å². The van der Waals surface area contributed by atoms with Crippen molar-refractivity contribution in [2.45, 2.75) is 78.6 Å². The highest BCUT2D eigenvalue weighted by Crippen LogP contribution is 1.99. The fourth-order valence-corrected chi connectivity index (χ4v) is 1.42. The molecule has 0 bridgehead atoms. The average Bonchev–Trinajstić information content (AvgIpc) is 2.17. The Morgan fingerprint density at radius 3 is 1.21 bits per heavy atom. The third-order valence-electron chi connectivity index (χ3n) is 3.07.